The van der Waals surface area contributed by atoms with E-state index in [1.165, 1.54) is 38.1 Å². The number of rotatable bonds is 30. The van der Waals surface area contributed by atoms with Gasteiger partial charge in [-0.1, -0.05) is 53.7 Å². The highest BCUT2D eigenvalue weighted by Gasteiger charge is 2.42. The summed E-state index contributed by atoms with van der Waals surface area (Å²) in [5.41, 5.74) is 17.2. The molecule has 10 atom stereocenters. The van der Waals surface area contributed by atoms with E-state index >= 15 is 0 Å². The van der Waals surface area contributed by atoms with Gasteiger partial charge in [0.1, 0.15) is 54.1 Å². The van der Waals surface area contributed by atoms with Crippen LogP contribution >= 0.6 is 0 Å². The van der Waals surface area contributed by atoms with Crippen LogP contribution in [0.5, 0.6) is 5.75 Å². The Kier molecular flexibility index (Phi) is 26.1. The van der Waals surface area contributed by atoms with E-state index in [-0.39, 0.29) is 87.5 Å². The van der Waals surface area contributed by atoms with E-state index in [1.54, 1.807) is 13.8 Å². The molecule has 8 amide bonds. The van der Waals surface area contributed by atoms with Gasteiger partial charge in [0.05, 0.1) is 18.8 Å². The van der Waals surface area contributed by atoms with Crippen LogP contribution in [0.3, 0.4) is 0 Å². The van der Waals surface area contributed by atoms with Gasteiger partial charge in [0.2, 0.25) is 47.3 Å². The van der Waals surface area contributed by atoms with E-state index in [1.807, 2.05) is 27.7 Å². The summed E-state index contributed by atoms with van der Waals surface area (Å²) in [5.74, 6) is -8.44. The molecule has 1 heterocycles. The van der Waals surface area contributed by atoms with E-state index in [9.17, 15) is 63.6 Å². The Bertz CT molecular complexity index is 2060. The average molecular weight is 1030 g/mol. The number of amides is 8. The molecule has 1 aliphatic heterocycles. The second kappa shape index (κ2) is 30.4. The number of phenols is 1. The molecule has 0 bridgehead atoms. The van der Waals surface area contributed by atoms with E-state index in [2.05, 4.69) is 42.2 Å². The number of aliphatic hydroxyl groups is 2. The SMILES string of the molecule is CC(C)C[C@H](NC(=O)[C@H](C)N)C(=O)N[C@@H](CC(C)C)C(=O)N[C@@H](CC(C)C)C(=O)N[C@@H](CCCN=C(N)N)C(=O)N[C@H](C(=O)N1CCC[C@H]1C(=O)N[C@@H](Cc1ccc(O)cc1)C(=O)N[C@@H](CO)C(=O)O)[C@@H](C)O. The quantitative estimate of drug-likeness (QED) is 0.0212. The maximum absolute atomic E-state index is 14.3. The Morgan fingerprint density at radius 3 is 1.55 bits per heavy atom. The van der Waals surface area contributed by atoms with Crippen molar-refractivity contribution in [1.82, 2.24) is 42.1 Å². The minimum absolute atomic E-state index is 0.0100. The van der Waals surface area contributed by atoms with Crippen molar-refractivity contribution in [2.45, 2.75) is 167 Å². The molecule has 410 valence electrons. The Morgan fingerprint density at radius 2 is 1.11 bits per heavy atom. The van der Waals surface area contributed by atoms with Gasteiger partial charge >= 0.3 is 5.97 Å². The summed E-state index contributed by atoms with van der Waals surface area (Å²) in [7, 11) is 0. The lowest BCUT2D eigenvalue weighted by molar-refractivity contribution is -0.145. The predicted octanol–water partition coefficient (Wildman–Crippen LogP) is -2.68. The van der Waals surface area contributed by atoms with Gasteiger partial charge in [-0.25, -0.2) is 4.79 Å². The molecular weight excluding hydrogens is 953 g/mol. The highest BCUT2D eigenvalue weighted by atomic mass is 16.4. The van der Waals surface area contributed by atoms with Crippen LogP contribution in [-0.2, 0) is 49.6 Å². The molecule has 0 radical (unpaired) electrons. The van der Waals surface area contributed by atoms with Gasteiger partial charge in [-0.15, -0.1) is 0 Å². The standard InChI is InChI=1S/C48H80N12O13/c1-24(2)19-32(54-39(64)27(7)49)42(67)56-34(21-26(5)6)43(68)55-33(20-25(3)4)41(66)53-31(11-9-17-52-48(50)51)40(65)59-38(28(8)62)46(71)60-18-10-12-37(60)45(70)57-35(22-29-13-15-30(63)16-14-29)44(69)58-36(23-61)47(72)73/h13-16,24-28,31-38,61-63H,9-12,17-23,49H2,1-8H3,(H,53,66)(H,54,64)(H,55,68)(H,56,67)(H,57,70)(H,58,69)(H,59,65)(H,72,73)(H4,50,51,52)/t27-,28+,31-,32-,33-,34-,35-,36-,37-,38-/m0/s1. The molecule has 1 aromatic rings. The number of carbonyl (C=O) groups is 9. The van der Waals surface area contributed by atoms with Crippen LogP contribution in [0, 0.1) is 17.8 Å². The van der Waals surface area contributed by atoms with Gasteiger partial charge in [0, 0.05) is 19.5 Å². The third-order valence-corrected chi connectivity index (χ3v) is 11.7. The Balaban J connectivity index is 2.43. The zero-order valence-electron chi connectivity index (χ0n) is 43.2. The third-order valence-electron chi connectivity index (χ3n) is 11.7. The Hall–Kier alpha value is -6.60. The predicted molar refractivity (Wildman–Crippen MR) is 268 cm³/mol. The molecule has 1 aliphatic rings. The maximum atomic E-state index is 14.3. The molecule has 73 heavy (non-hydrogen) atoms. The fourth-order valence-electron chi connectivity index (χ4n) is 7.93. The number of guanidine groups is 1. The molecule has 0 aliphatic carbocycles. The molecule has 25 heteroatoms. The van der Waals surface area contributed by atoms with Crippen LogP contribution in [0.4, 0.5) is 0 Å². The molecule has 1 saturated heterocycles. The largest absolute Gasteiger partial charge is 0.508 e. The van der Waals surface area contributed by atoms with Gasteiger partial charge in [0.15, 0.2) is 5.96 Å². The number of aliphatic hydroxyl groups excluding tert-OH is 2. The fraction of sp³-hybridized carbons (Fsp3) is 0.667. The van der Waals surface area contributed by atoms with Crippen molar-refractivity contribution in [3.05, 3.63) is 29.8 Å². The van der Waals surface area contributed by atoms with Crippen LogP contribution in [0.2, 0.25) is 0 Å². The number of nitrogens with one attached hydrogen (secondary N) is 7. The summed E-state index contributed by atoms with van der Waals surface area (Å²) in [6.07, 6.45) is -0.866. The first-order valence-corrected chi connectivity index (χ1v) is 24.7. The zero-order valence-corrected chi connectivity index (χ0v) is 43.2. The van der Waals surface area contributed by atoms with Gasteiger partial charge in [-0.3, -0.25) is 43.3 Å². The molecule has 17 N–H and O–H groups in total. The number of nitrogens with zero attached hydrogens (tertiary/aromatic N) is 2. The second-order valence-corrected chi connectivity index (χ2v) is 19.8. The summed E-state index contributed by atoms with van der Waals surface area (Å²) in [6.45, 7) is 12.8. The van der Waals surface area contributed by atoms with Gasteiger partial charge in [-0.2, -0.15) is 0 Å². The van der Waals surface area contributed by atoms with E-state index < -0.39 is 120 Å². The van der Waals surface area contributed by atoms with Crippen molar-refractivity contribution >= 4 is 59.2 Å². The third kappa shape index (κ3) is 21.6. The lowest BCUT2D eigenvalue weighted by atomic mass is 9.98. The lowest BCUT2D eigenvalue weighted by Gasteiger charge is -2.32. The number of carbonyl (C=O) groups excluding carboxylic acids is 8. The highest BCUT2D eigenvalue weighted by Crippen LogP contribution is 2.21. The molecule has 0 spiro atoms. The topological polar surface area (TPSA) is 412 Å². The summed E-state index contributed by atoms with van der Waals surface area (Å²) >= 11 is 0. The van der Waals surface area contributed by atoms with Crippen molar-refractivity contribution < 1.29 is 63.6 Å². The number of nitrogens with two attached hydrogens (primary N) is 3. The van der Waals surface area contributed by atoms with Crippen LogP contribution in [0.15, 0.2) is 29.3 Å². The summed E-state index contributed by atoms with van der Waals surface area (Å²) < 4.78 is 0. The monoisotopic (exact) mass is 1030 g/mol. The number of aliphatic carboxylic acids is 1. The van der Waals surface area contributed by atoms with Crippen molar-refractivity contribution in [1.29, 1.82) is 0 Å². The number of hydrogen-bond acceptors (Lipinski definition) is 14. The molecule has 25 nitrogen and oxygen atoms in total. The molecule has 0 unspecified atom stereocenters. The summed E-state index contributed by atoms with van der Waals surface area (Å²) in [4.78, 5) is 127. The van der Waals surface area contributed by atoms with Crippen LogP contribution in [0.1, 0.15) is 106 Å². The molecule has 2 rings (SSSR count). The van der Waals surface area contributed by atoms with E-state index in [0.717, 1.165) is 4.90 Å². The first-order chi connectivity index (χ1) is 34.1. The highest BCUT2D eigenvalue weighted by molar-refractivity contribution is 5.98. The summed E-state index contributed by atoms with van der Waals surface area (Å²) in [6, 6.07) is -6.13. The molecule has 0 aromatic heterocycles. The minimum atomic E-state index is -1.70. The normalized spacial score (nSPS) is 17.1. The average Bonchev–Trinajstić information content (AvgIpc) is 3.80. The molecule has 0 saturated carbocycles. The number of aliphatic imine (C=N–C) groups is 1. The van der Waals surface area contributed by atoms with Gasteiger partial charge in [-0.05, 0) is 94.2 Å². The number of likely N-dealkylation sites (tertiary alicyclic amines) is 1. The number of carboxylic acid groups (broad SMARTS) is 1. The Labute approximate surface area is 426 Å². The van der Waals surface area contributed by atoms with Crippen LogP contribution in [0.25, 0.3) is 0 Å². The fourth-order valence-corrected chi connectivity index (χ4v) is 7.93. The van der Waals surface area contributed by atoms with Crippen LogP contribution in [-0.4, -0.2) is 165 Å². The number of aromatic hydroxyl groups is 1. The van der Waals surface area contributed by atoms with Crippen molar-refractivity contribution in [2.24, 2.45) is 39.9 Å². The van der Waals surface area contributed by atoms with Crippen molar-refractivity contribution in [2.75, 3.05) is 19.7 Å². The molecule has 1 aromatic carbocycles. The lowest BCUT2D eigenvalue weighted by Crippen LogP contribution is -2.62. The molecular formula is C48H80N12O13. The minimum Gasteiger partial charge on any atom is -0.508 e. The second-order valence-electron chi connectivity index (χ2n) is 19.8. The number of phenolic OH excluding ortho intramolecular Hbond substituents is 1. The summed E-state index contributed by atoms with van der Waals surface area (Å²) in [5, 5.41) is 57.8. The number of benzene rings is 1. The van der Waals surface area contributed by atoms with E-state index in [0.29, 0.717) is 12.0 Å². The maximum Gasteiger partial charge on any atom is 0.328 e. The van der Waals surface area contributed by atoms with Gasteiger partial charge in [0.25, 0.3) is 0 Å². The van der Waals surface area contributed by atoms with Crippen molar-refractivity contribution in [3.8, 4) is 5.75 Å². The van der Waals surface area contributed by atoms with Gasteiger partial charge < -0.3 is 79.7 Å². The van der Waals surface area contributed by atoms with E-state index in [4.69, 9.17) is 17.2 Å². The number of carboxylic acids is 1. The first-order valence-electron chi connectivity index (χ1n) is 24.7. The smallest absolute Gasteiger partial charge is 0.328 e. The molecule has 1 fully saturated rings. The first kappa shape index (κ1) is 62.5. The Morgan fingerprint density at radius 1 is 0.658 bits per heavy atom. The van der Waals surface area contributed by atoms with Crippen molar-refractivity contribution in [3.63, 3.8) is 0 Å². The van der Waals surface area contributed by atoms with Crippen LogP contribution < -0.4 is 54.4 Å². The number of hydrogen-bond donors (Lipinski definition) is 14. The zero-order chi connectivity index (χ0) is 55.3.